The number of ether oxygens (including phenoxy) is 2. The zero-order valence-electron chi connectivity index (χ0n) is 29.8. The number of aromatic nitrogens is 4. The van der Waals surface area contributed by atoms with E-state index in [4.69, 9.17) is 15.2 Å². The van der Waals surface area contributed by atoms with E-state index in [0.717, 1.165) is 25.6 Å². The third kappa shape index (κ3) is 7.49. The van der Waals surface area contributed by atoms with Crippen LogP contribution in [-0.4, -0.2) is 130 Å². The summed E-state index contributed by atoms with van der Waals surface area (Å²) in [6.45, 7) is 6.09. The number of nitriles is 1. The molecule has 3 atom stereocenters. The molecule has 18 heteroatoms. The number of pyridine rings is 2. The third-order valence-corrected chi connectivity index (χ3v) is 10.7. The quantitative estimate of drug-likeness (QED) is 0.249. The molecule has 4 saturated heterocycles. The Bertz CT molecular complexity index is 1970. The van der Waals surface area contributed by atoms with E-state index in [1.54, 1.807) is 15.9 Å². The van der Waals surface area contributed by atoms with Crippen LogP contribution in [0.5, 0.6) is 6.01 Å². The Labute approximate surface area is 308 Å². The second kappa shape index (κ2) is 15.2. The van der Waals surface area contributed by atoms with Crippen molar-refractivity contribution >= 4 is 28.4 Å². The molecule has 0 aromatic carbocycles. The van der Waals surface area contributed by atoms with Crippen molar-refractivity contribution in [3.8, 4) is 23.5 Å². The van der Waals surface area contributed by atoms with E-state index in [1.165, 1.54) is 19.2 Å². The highest BCUT2D eigenvalue weighted by atomic mass is 19.4. The number of halogens is 5. The molecule has 54 heavy (non-hydrogen) atoms. The van der Waals surface area contributed by atoms with E-state index in [2.05, 4.69) is 30.9 Å². The van der Waals surface area contributed by atoms with Crippen LogP contribution in [0.3, 0.4) is 0 Å². The maximum atomic E-state index is 16.7. The van der Waals surface area contributed by atoms with Crippen molar-refractivity contribution in [2.75, 3.05) is 82.8 Å². The van der Waals surface area contributed by atoms with Crippen molar-refractivity contribution < 1.29 is 36.2 Å². The molecule has 0 unspecified atom stereocenters. The van der Waals surface area contributed by atoms with Gasteiger partial charge in [-0.15, -0.1) is 0 Å². The molecular formula is C36H41F5N10O3. The number of carbonyl (C=O) groups excluding carboxylic acids is 1. The molecule has 0 aliphatic carbocycles. The van der Waals surface area contributed by atoms with E-state index in [0.29, 0.717) is 32.7 Å². The van der Waals surface area contributed by atoms with Crippen LogP contribution in [0.25, 0.3) is 22.3 Å². The first-order chi connectivity index (χ1) is 25.9. The van der Waals surface area contributed by atoms with Gasteiger partial charge in [-0.1, -0.05) is 6.08 Å². The van der Waals surface area contributed by atoms with Crippen molar-refractivity contribution in [1.29, 1.82) is 5.26 Å². The smallest absolute Gasteiger partial charge is 0.418 e. The molecule has 0 spiro atoms. The number of nitrogen functional groups attached to an aromatic ring is 1. The minimum Gasteiger partial charge on any atom is -0.461 e. The Morgan fingerprint density at radius 3 is 2.70 bits per heavy atom. The highest BCUT2D eigenvalue weighted by Gasteiger charge is 2.49. The molecule has 288 valence electrons. The summed E-state index contributed by atoms with van der Waals surface area (Å²) < 4.78 is 85.6. The molecule has 7 heterocycles. The van der Waals surface area contributed by atoms with Gasteiger partial charge in [0.25, 0.3) is 0 Å². The first-order valence-electron chi connectivity index (χ1n) is 18.0. The number of rotatable bonds is 9. The molecule has 0 bridgehead atoms. The highest BCUT2D eigenvalue weighted by Crippen LogP contribution is 2.42. The summed E-state index contributed by atoms with van der Waals surface area (Å²) in [4.78, 5) is 37.9. The fourth-order valence-corrected chi connectivity index (χ4v) is 8.17. The Balaban J connectivity index is 1.24. The lowest BCUT2D eigenvalue weighted by atomic mass is 9.95. The molecule has 0 radical (unpaired) electrons. The Hall–Kier alpha value is -4.73. The van der Waals surface area contributed by atoms with Crippen LogP contribution >= 0.6 is 0 Å². The number of nitrogens with two attached hydrogens (primary N) is 1. The summed E-state index contributed by atoms with van der Waals surface area (Å²) in [5.41, 5.74) is 1.93. The molecule has 7 rings (SSSR count). The third-order valence-electron chi connectivity index (χ3n) is 10.7. The number of nitrogens with zero attached hydrogens (tertiary/aromatic N) is 9. The van der Waals surface area contributed by atoms with Crippen molar-refractivity contribution in [1.82, 2.24) is 34.6 Å². The van der Waals surface area contributed by atoms with Crippen molar-refractivity contribution in [2.45, 2.75) is 56.5 Å². The number of anilines is 2. The summed E-state index contributed by atoms with van der Waals surface area (Å²) in [7, 11) is 0. The fourth-order valence-electron chi connectivity index (χ4n) is 8.17. The zero-order chi connectivity index (χ0) is 38.2. The Kier molecular flexibility index (Phi) is 10.6. The second-order valence-corrected chi connectivity index (χ2v) is 14.3. The molecule has 4 aliphatic rings. The number of piperazine rings is 1. The van der Waals surface area contributed by atoms with Crippen LogP contribution in [0.2, 0.25) is 0 Å². The normalized spacial score (nSPS) is 24.0. The van der Waals surface area contributed by atoms with Crippen LogP contribution in [0.4, 0.5) is 33.6 Å². The summed E-state index contributed by atoms with van der Waals surface area (Å²) in [5, 5.41) is 9.80. The molecule has 3 aromatic heterocycles. The van der Waals surface area contributed by atoms with Crippen LogP contribution in [0.15, 0.2) is 24.4 Å². The molecule has 13 nitrogen and oxygen atoms in total. The summed E-state index contributed by atoms with van der Waals surface area (Å²) in [5.74, 6) is -1.54. The van der Waals surface area contributed by atoms with Crippen molar-refractivity contribution in [3.05, 3.63) is 41.4 Å². The van der Waals surface area contributed by atoms with Crippen LogP contribution in [0.1, 0.15) is 36.8 Å². The number of hydrogen-bond donors (Lipinski definition) is 1. The van der Waals surface area contributed by atoms with E-state index >= 15 is 4.39 Å². The lowest BCUT2D eigenvalue weighted by Crippen LogP contribution is -2.55. The Morgan fingerprint density at radius 2 is 1.94 bits per heavy atom. The number of morpholine rings is 1. The molecule has 3 aromatic rings. The average Bonchev–Trinajstić information content (AvgIpc) is 3.66. The van der Waals surface area contributed by atoms with Gasteiger partial charge in [-0.2, -0.15) is 28.4 Å². The van der Waals surface area contributed by atoms with E-state index in [9.17, 15) is 27.6 Å². The topological polar surface area (TPSA) is 150 Å². The van der Waals surface area contributed by atoms with Crippen LogP contribution < -0.4 is 15.4 Å². The lowest BCUT2D eigenvalue weighted by molar-refractivity contribution is -0.137. The molecule has 2 N–H and O–H groups in total. The predicted molar refractivity (Wildman–Crippen MR) is 188 cm³/mol. The number of hydrogen-bond acceptors (Lipinski definition) is 12. The maximum absolute atomic E-state index is 16.7. The Morgan fingerprint density at radius 1 is 1.15 bits per heavy atom. The van der Waals surface area contributed by atoms with E-state index in [-0.39, 0.29) is 85.6 Å². The fraction of sp³-hybridized carbons (Fsp3) is 0.556. The number of amides is 1. The molecule has 1 amide bonds. The molecular weight excluding hydrogens is 715 g/mol. The largest absolute Gasteiger partial charge is 0.461 e. The zero-order valence-corrected chi connectivity index (χ0v) is 29.8. The summed E-state index contributed by atoms with van der Waals surface area (Å²) >= 11 is 0. The van der Waals surface area contributed by atoms with E-state index in [1.807, 2.05) is 4.90 Å². The first kappa shape index (κ1) is 37.6. The minimum atomic E-state index is -4.90. The predicted octanol–water partition coefficient (Wildman–Crippen LogP) is 3.91. The lowest BCUT2D eigenvalue weighted by Gasteiger charge is -2.41. The second-order valence-electron chi connectivity index (χ2n) is 14.3. The van der Waals surface area contributed by atoms with Gasteiger partial charge in [0, 0.05) is 64.5 Å². The van der Waals surface area contributed by atoms with Gasteiger partial charge >= 0.3 is 12.2 Å². The minimum absolute atomic E-state index is 0.00784. The monoisotopic (exact) mass is 756 g/mol. The van der Waals surface area contributed by atoms with Gasteiger partial charge in [0.1, 0.15) is 41.3 Å². The van der Waals surface area contributed by atoms with Gasteiger partial charge in [-0.25, -0.2) is 13.8 Å². The van der Waals surface area contributed by atoms with Crippen LogP contribution in [0, 0.1) is 24.1 Å². The SMILES string of the molecule is Cc1cc(N)nc(-c2ncc3c(N4CCN(C(=O)/C=C/CN5CCOCC5)[C@@H](CC#N)C4)nc(OC[C@@]45CCCN4C[C@H](F)C5)nc3c2F)c1C(F)(F)F. The maximum Gasteiger partial charge on any atom is 0.418 e. The average molecular weight is 757 g/mol. The number of alkyl halides is 4. The summed E-state index contributed by atoms with van der Waals surface area (Å²) in [6.07, 6.45) is 0.318. The summed E-state index contributed by atoms with van der Waals surface area (Å²) in [6, 6.07) is 2.37. The molecule has 4 aliphatic heterocycles. The van der Waals surface area contributed by atoms with Crippen LogP contribution in [-0.2, 0) is 15.7 Å². The standard InChI is InChI=1S/C36H41F5N10O3/c1-22-16-26(43)45-31(28(22)36(39,40)41)32-29(38)30-25(18-44-32)33(47-34(46-30)54-21-35-6-3-9-50(35)19-23(37)17-35)49-10-11-51(24(20-49)5-7-42)27(52)4-2-8-48-12-14-53-15-13-48/h2,4,16,18,23-24H,3,5-6,8-15,17,19-21H2,1H3,(H2,43,45)/b4-2+/t23-,24+,35+/m1/s1. The van der Waals surface area contributed by atoms with Crippen molar-refractivity contribution in [3.63, 3.8) is 0 Å². The number of carbonyl (C=O) groups is 1. The number of fused-ring (bicyclic) bond motifs is 2. The first-order valence-corrected chi connectivity index (χ1v) is 18.0. The van der Waals surface area contributed by atoms with Gasteiger partial charge in [0.05, 0.1) is 48.2 Å². The number of aryl methyl sites for hydroxylation is 1. The van der Waals surface area contributed by atoms with Gasteiger partial charge in [0.2, 0.25) is 5.91 Å². The van der Waals surface area contributed by atoms with Gasteiger partial charge < -0.3 is 25.0 Å². The highest BCUT2D eigenvalue weighted by molar-refractivity contribution is 5.92. The molecule has 0 saturated carbocycles. The van der Waals surface area contributed by atoms with Gasteiger partial charge in [-0.05, 0) is 37.9 Å². The molecule has 4 fully saturated rings. The van der Waals surface area contributed by atoms with Gasteiger partial charge in [-0.3, -0.25) is 19.6 Å². The van der Waals surface area contributed by atoms with E-state index < -0.39 is 46.7 Å². The van der Waals surface area contributed by atoms with Gasteiger partial charge in [0.15, 0.2) is 5.82 Å². The van der Waals surface area contributed by atoms with Crippen molar-refractivity contribution in [2.24, 2.45) is 0 Å².